The zero-order valence-corrected chi connectivity index (χ0v) is 19.9. The normalized spacial score (nSPS) is 23.6. The second-order valence-electron chi connectivity index (χ2n) is 9.70. The van der Waals surface area contributed by atoms with E-state index in [4.69, 9.17) is 21.6 Å². The van der Waals surface area contributed by atoms with E-state index in [0.717, 1.165) is 51.9 Å². The Labute approximate surface area is 204 Å². The number of carbonyl (C=O) groups excluding carboxylic acids is 1. The number of hydrogen-bond donors (Lipinski definition) is 2. The summed E-state index contributed by atoms with van der Waals surface area (Å²) < 4.78 is 6.03. The molecule has 1 aromatic heterocycles. The van der Waals surface area contributed by atoms with E-state index in [1.807, 2.05) is 6.07 Å². The van der Waals surface area contributed by atoms with Crippen molar-refractivity contribution in [1.82, 2.24) is 20.6 Å². The van der Waals surface area contributed by atoms with Crippen molar-refractivity contribution >= 4 is 23.5 Å². The Morgan fingerprint density at radius 3 is 2.53 bits per heavy atom. The summed E-state index contributed by atoms with van der Waals surface area (Å²) in [6.45, 7) is 4.18. The molecule has 3 fully saturated rings. The van der Waals surface area contributed by atoms with E-state index in [2.05, 4.69) is 25.5 Å². The zero-order valence-electron chi connectivity index (χ0n) is 19.1. The molecule has 0 unspecified atom stereocenters. The van der Waals surface area contributed by atoms with Crippen molar-refractivity contribution < 1.29 is 9.53 Å². The van der Waals surface area contributed by atoms with Crippen LogP contribution in [0.3, 0.4) is 0 Å². The van der Waals surface area contributed by atoms with Gasteiger partial charge in [-0.05, 0) is 63.7 Å². The molecule has 2 aromatic rings. The zero-order chi connectivity index (χ0) is 23.5. The lowest BCUT2D eigenvalue weighted by atomic mass is 9.72. The van der Waals surface area contributed by atoms with Gasteiger partial charge in [0.2, 0.25) is 5.95 Å². The smallest absolute Gasteiger partial charge is 0.254 e. The predicted octanol–water partition coefficient (Wildman–Crippen LogP) is 3.31. The van der Waals surface area contributed by atoms with Crippen molar-refractivity contribution in [3.05, 3.63) is 46.7 Å². The minimum Gasteiger partial charge on any atom is -0.490 e. The van der Waals surface area contributed by atoms with Crippen molar-refractivity contribution in [1.29, 1.82) is 5.26 Å². The van der Waals surface area contributed by atoms with Gasteiger partial charge < -0.3 is 20.3 Å². The molecule has 1 aliphatic carbocycles. The van der Waals surface area contributed by atoms with Crippen LogP contribution in [0, 0.1) is 16.7 Å². The van der Waals surface area contributed by atoms with E-state index in [1.54, 1.807) is 30.6 Å². The first-order chi connectivity index (χ1) is 16.5. The number of benzene rings is 1. The monoisotopic (exact) mass is 480 g/mol. The third-order valence-electron chi connectivity index (χ3n) is 7.27. The summed E-state index contributed by atoms with van der Waals surface area (Å²) in [6.07, 6.45) is 9.10. The number of nitrogens with zero attached hydrogens (tertiary/aromatic N) is 4. The number of piperidine rings is 1. The van der Waals surface area contributed by atoms with Crippen molar-refractivity contribution in [2.24, 2.45) is 5.41 Å². The fourth-order valence-corrected chi connectivity index (χ4v) is 5.44. The van der Waals surface area contributed by atoms with E-state index < -0.39 is 0 Å². The third kappa shape index (κ3) is 4.96. The van der Waals surface area contributed by atoms with Crippen LogP contribution in [0.4, 0.5) is 5.95 Å². The van der Waals surface area contributed by atoms with Gasteiger partial charge in [-0.25, -0.2) is 9.97 Å². The van der Waals surface area contributed by atoms with E-state index >= 15 is 0 Å². The first kappa shape index (κ1) is 22.9. The molecule has 1 aromatic carbocycles. The number of anilines is 1. The number of halogens is 1. The largest absolute Gasteiger partial charge is 0.490 e. The summed E-state index contributed by atoms with van der Waals surface area (Å²) in [5, 5.41) is 15.9. The molecule has 8 nitrogen and oxygen atoms in total. The Kier molecular flexibility index (Phi) is 6.57. The summed E-state index contributed by atoms with van der Waals surface area (Å²) in [6, 6.07) is 7.28. The number of nitrogens with one attached hydrogen (secondary N) is 2. The second kappa shape index (κ2) is 9.77. The molecule has 0 bridgehead atoms. The minimum absolute atomic E-state index is 0.0690. The molecule has 5 rings (SSSR count). The van der Waals surface area contributed by atoms with Crippen LogP contribution >= 0.6 is 11.6 Å². The van der Waals surface area contributed by atoms with E-state index in [0.29, 0.717) is 33.3 Å². The van der Waals surface area contributed by atoms with Crippen molar-refractivity contribution in [3.8, 4) is 11.8 Å². The highest BCUT2D eigenvalue weighted by Crippen LogP contribution is 2.39. The summed E-state index contributed by atoms with van der Waals surface area (Å²) in [4.78, 5) is 23.8. The highest BCUT2D eigenvalue weighted by Gasteiger charge is 2.44. The van der Waals surface area contributed by atoms with Crippen LogP contribution in [0.25, 0.3) is 0 Å². The second-order valence-corrected chi connectivity index (χ2v) is 10.1. The Morgan fingerprint density at radius 1 is 1.18 bits per heavy atom. The van der Waals surface area contributed by atoms with Gasteiger partial charge in [0.15, 0.2) is 0 Å². The Morgan fingerprint density at radius 2 is 1.88 bits per heavy atom. The molecule has 2 N–H and O–H groups in total. The topological polar surface area (TPSA) is 103 Å². The van der Waals surface area contributed by atoms with Crippen molar-refractivity contribution in [2.45, 2.75) is 50.7 Å². The molecule has 178 valence electrons. The van der Waals surface area contributed by atoms with Crippen LogP contribution in [-0.2, 0) is 0 Å². The number of carbonyl (C=O) groups is 1. The van der Waals surface area contributed by atoms with Crippen LogP contribution in [0.2, 0.25) is 5.02 Å². The average Bonchev–Trinajstić information content (AvgIpc) is 2.84. The Bertz CT molecular complexity index is 1060. The highest BCUT2D eigenvalue weighted by molar-refractivity contribution is 6.31. The quantitative estimate of drug-likeness (QED) is 0.676. The van der Waals surface area contributed by atoms with Gasteiger partial charge in [0.25, 0.3) is 5.91 Å². The van der Waals surface area contributed by atoms with Crippen LogP contribution in [-0.4, -0.2) is 54.2 Å². The predicted molar refractivity (Wildman–Crippen MR) is 129 cm³/mol. The number of ether oxygens (including phenoxy) is 1. The number of rotatable bonds is 5. The lowest BCUT2D eigenvalue weighted by Crippen LogP contribution is -2.60. The molecular formula is C25H29ClN6O2. The van der Waals surface area contributed by atoms with Crippen LogP contribution in [0.1, 0.15) is 54.4 Å². The first-order valence-electron chi connectivity index (χ1n) is 12.0. The molecule has 1 spiro atoms. The Balaban J connectivity index is 1.08. The maximum absolute atomic E-state index is 12.7. The third-order valence-corrected chi connectivity index (χ3v) is 7.59. The fourth-order valence-electron chi connectivity index (χ4n) is 5.23. The van der Waals surface area contributed by atoms with Gasteiger partial charge in [0.1, 0.15) is 11.8 Å². The van der Waals surface area contributed by atoms with E-state index in [9.17, 15) is 4.79 Å². The van der Waals surface area contributed by atoms with Gasteiger partial charge in [-0.1, -0.05) is 11.6 Å². The lowest BCUT2D eigenvalue weighted by Gasteiger charge is -2.52. The molecule has 0 radical (unpaired) electrons. The van der Waals surface area contributed by atoms with Crippen molar-refractivity contribution in [2.75, 3.05) is 31.1 Å². The minimum atomic E-state index is -0.131. The SMILES string of the molecule is N#Cc1ccc(OC2CCC(NC(=O)c3cnc(N4CC5(CCNCC5)C4)nc3)CC2)cc1Cl. The maximum Gasteiger partial charge on any atom is 0.254 e. The van der Waals surface area contributed by atoms with Gasteiger partial charge in [-0.2, -0.15) is 5.26 Å². The lowest BCUT2D eigenvalue weighted by molar-refractivity contribution is 0.0893. The van der Waals surface area contributed by atoms with Gasteiger partial charge in [-0.3, -0.25) is 4.79 Å². The summed E-state index contributed by atoms with van der Waals surface area (Å²) in [5.41, 5.74) is 1.35. The standard InChI is InChI=1S/C25H29ClN6O2/c26-22-11-21(4-1-17(22)12-27)34-20-5-2-19(3-6-20)31-23(33)18-13-29-24(30-14-18)32-15-25(16-32)7-9-28-10-8-25/h1,4,11,13-14,19-20,28H,2-3,5-10,15-16H2,(H,31,33). The maximum atomic E-state index is 12.7. The molecule has 2 aliphatic heterocycles. The highest BCUT2D eigenvalue weighted by atomic mass is 35.5. The number of amides is 1. The molecule has 2 saturated heterocycles. The number of aromatic nitrogens is 2. The van der Waals surface area contributed by atoms with Crippen LogP contribution < -0.4 is 20.3 Å². The van der Waals surface area contributed by atoms with Gasteiger partial charge in [0.05, 0.1) is 22.3 Å². The molecule has 3 aliphatic rings. The molecule has 34 heavy (non-hydrogen) atoms. The fraction of sp³-hybridized carbons (Fsp3) is 0.520. The van der Waals surface area contributed by atoms with Crippen LogP contribution in [0.5, 0.6) is 5.75 Å². The molecule has 9 heteroatoms. The van der Waals surface area contributed by atoms with E-state index in [1.165, 1.54) is 12.8 Å². The summed E-state index contributed by atoms with van der Waals surface area (Å²) in [7, 11) is 0. The average molecular weight is 481 g/mol. The summed E-state index contributed by atoms with van der Waals surface area (Å²) in [5.74, 6) is 1.25. The number of hydrogen-bond acceptors (Lipinski definition) is 7. The van der Waals surface area contributed by atoms with Gasteiger partial charge in [-0.15, -0.1) is 0 Å². The summed E-state index contributed by atoms with van der Waals surface area (Å²) >= 11 is 6.09. The Hall–Kier alpha value is -2.89. The molecular weight excluding hydrogens is 452 g/mol. The number of nitriles is 1. The molecule has 1 saturated carbocycles. The molecule has 3 heterocycles. The van der Waals surface area contributed by atoms with E-state index in [-0.39, 0.29) is 18.1 Å². The van der Waals surface area contributed by atoms with Gasteiger partial charge >= 0.3 is 0 Å². The van der Waals surface area contributed by atoms with Crippen LogP contribution in [0.15, 0.2) is 30.6 Å². The van der Waals surface area contributed by atoms with Gasteiger partial charge in [0, 0.05) is 43.0 Å². The molecule has 0 atom stereocenters. The first-order valence-corrected chi connectivity index (χ1v) is 12.4. The van der Waals surface area contributed by atoms with Crippen molar-refractivity contribution in [3.63, 3.8) is 0 Å². The molecule has 1 amide bonds.